The Balaban J connectivity index is 3.02. The van der Waals surface area contributed by atoms with E-state index in [0.29, 0.717) is 5.75 Å². The van der Waals surface area contributed by atoms with Gasteiger partial charge in [0.15, 0.2) is 0 Å². The maximum atomic E-state index is 12.3. The molecule has 5 nitrogen and oxygen atoms in total. The van der Waals surface area contributed by atoms with Crippen LogP contribution in [-0.2, 0) is 14.8 Å². The molecule has 0 N–H and O–H groups in total. The second kappa shape index (κ2) is 6.93. The van der Waals surface area contributed by atoms with Crippen molar-refractivity contribution in [3.63, 3.8) is 0 Å². The van der Waals surface area contributed by atoms with Gasteiger partial charge in [0.1, 0.15) is 0 Å². The summed E-state index contributed by atoms with van der Waals surface area (Å²) in [5.41, 5.74) is 0. The number of rotatable bonds is 7. The zero-order chi connectivity index (χ0) is 14.5. The number of benzene rings is 1. The van der Waals surface area contributed by atoms with Gasteiger partial charge in [0, 0.05) is 7.05 Å². The van der Waals surface area contributed by atoms with E-state index in [1.54, 1.807) is 18.2 Å². The molecule has 0 unspecified atom stereocenters. The number of aliphatic carboxylic acids is 1. The molecule has 0 aromatic heterocycles. The number of sulfonamides is 1. The van der Waals surface area contributed by atoms with E-state index in [9.17, 15) is 18.3 Å². The van der Waals surface area contributed by atoms with Crippen molar-refractivity contribution in [2.45, 2.75) is 17.4 Å². The van der Waals surface area contributed by atoms with Crippen molar-refractivity contribution in [2.75, 3.05) is 19.1 Å². The summed E-state index contributed by atoms with van der Waals surface area (Å²) in [7, 11) is -2.54. The van der Waals surface area contributed by atoms with Gasteiger partial charge in [-0.3, -0.25) is 0 Å². The van der Waals surface area contributed by atoms with E-state index in [2.05, 4.69) is 0 Å². The fraction of sp³-hybridized carbons (Fsp3) is 0.417. The number of nitrogens with zero attached hydrogens (tertiary/aromatic N) is 1. The molecule has 0 aliphatic heterocycles. The molecule has 7 heteroatoms. The predicted molar refractivity (Wildman–Crippen MR) is 73.2 cm³/mol. The molecule has 0 radical (unpaired) electrons. The lowest BCUT2D eigenvalue weighted by atomic mass is 10.2. The maximum Gasteiger partial charge on any atom is 0.243 e. The summed E-state index contributed by atoms with van der Waals surface area (Å²) < 4.78 is 25.4. The third-order valence-electron chi connectivity index (χ3n) is 2.73. The molecule has 1 aromatic rings. The van der Waals surface area contributed by atoms with Crippen LogP contribution >= 0.6 is 11.8 Å². The van der Waals surface area contributed by atoms with Gasteiger partial charge in [0.05, 0.1) is 16.9 Å². The molecule has 1 atom stereocenters. The topological polar surface area (TPSA) is 77.5 Å². The molecular weight excluding hydrogens is 286 g/mol. The Morgan fingerprint density at radius 3 is 2.42 bits per heavy atom. The molecule has 0 aliphatic carbocycles. The number of thioether (sulfide) groups is 1. The van der Waals surface area contributed by atoms with E-state index >= 15 is 0 Å². The van der Waals surface area contributed by atoms with Crippen LogP contribution in [0.5, 0.6) is 0 Å². The highest BCUT2D eigenvalue weighted by molar-refractivity contribution is 7.98. The summed E-state index contributed by atoms with van der Waals surface area (Å²) in [6.45, 7) is 0. The van der Waals surface area contributed by atoms with Gasteiger partial charge in [-0.15, -0.1) is 0 Å². The SMILES string of the molecule is CSCC[C@@H](C(=O)[O-])N(C)S(=O)(=O)c1ccccc1. The van der Waals surface area contributed by atoms with Crippen LogP contribution in [0.3, 0.4) is 0 Å². The number of hydrogen-bond acceptors (Lipinski definition) is 5. The molecule has 0 saturated heterocycles. The number of hydrogen-bond donors (Lipinski definition) is 0. The molecular formula is C12H16NO4S2-. The van der Waals surface area contributed by atoms with Crippen LogP contribution in [-0.4, -0.2) is 43.8 Å². The van der Waals surface area contributed by atoms with E-state index in [1.807, 2.05) is 6.26 Å². The van der Waals surface area contributed by atoms with Gasteiger partial charge in [0.2, 0.25) is 10.0 Å². The van der Waals surface area contributed by atoms with E-state index in [4.69, 9.17) is 0 Å². The summed E-state index contributed by atoms with van der Waals surface area (Å²) in [6.07, 6.45) is 2.05. The fourth-order valence-electron chi connectivity index (χ4n) is 1.60. The Morgan fingerprint density at radius 1 is 1.37 bits per heavy atom. The summed E-state index contributed by atoms with van der Waals surface area (Å²) in [5, 5.41) is 11.1. The average Bonchev–Trinajstić information content (AvgIpc) is 2.39. The Bertz CT molecular complexity index is 516. The molecule has 106 valence electrons. The van der Waals surface area contributed by atoms with E-state index < -0.39 is 22.0 Å². The fourth-order valence-corrected chi connectivity index (χ4v) is 3.42. The average molecular weight is 302 g/mol. The second-order valence-electron chi connectivity index (χ2n) is 3.95. The summed E-state index contributed by atoms with van der Waals surface area (Å²) >= 11 is 1.46. The van der Waals surface area contributed by atoms with Gasteiger partial charge in [-0.2, -0.15) is 16.1 Å². The second-order valence-corrected chi connectivity index (χ2v) is 6.93. The quantitative estimate of drug-likeness (QED) is 0.718. The van der Waals surface area contributed by atoms with Crippen molar-refractivity contribution in [1.29, 1.82) is 0 Å². The minimum Gasteiger partial charge on any atom is -0.548 e. The van der Waals surface area contributed by atoms with Crippen molar-refractivity contribution in [3.05, 3.63) is 30.3 Å². The Hall–Kier alpha value is -1.05. The maximum absolute atomic E-state index is 12.3. The van der Waals surface area contributed by atoms with Crippen LogP contribution in [0.15, 0.2) is 35.2 Å². The molecule has 0 saturated carbocycles. The lowest BCUT2D eigenvalue weighted by Crippen LogP contribution is -2.49. The smallest absolute Gasteiger partial charge is 0.243 e. The zero-order valence-corrected chi connectivity index (χ0v) is 12.4. The Kier molecular flexibility index (Phi) is 5.84. The molecule has 0 spiro atoms. The van der Waals surface area contributed by atoms with Crippen LogP contribution in [0.4, 0.5) is 0 Å². The van der Waals surface area contributed by atoms with E-state index in [1.165, 1.54) is 30.9 Å². The van der Waals surface area contributed by atoms with E-state index in [0.717, 1.165) is 4.31 Å². The molecule has 0 amide bonds. The normalized spacial score (nSPS) is 13.4. The van der Waals surface area contributed by atoms with Gasteiger partial charge in [-0.25, -0.2) is 8.42 Å². The first-order valence-electron chi connectivity index (χ1n) is 5.64. The first kappa shape index (κ1) is 16.0. The van der Waals surface area contributed by atoms with Crippen molar-refractivity contribution < 1.29 is 18.3 Å². The zero-order valence-electron chi connectivity index (χ0n) is 10.8. The highest BCUT2D eigenvalue weighted by atomic mass is 32.2. The van der Waals surface area contributed by atoms with Crippen molar-refractivity contribution in [3.8, 4) is 0 Å². The van der Waals surface area contributed by atoms with Gasteiger partial charge in [-0.05, 0) is 30.6 Å². The first-order chi connectivity index (χ1) is 8.91. The Morgan fingerprint density at radius 2 is 1.95 bits per heavy atom. The monoisotopic (exact) mass is 302 g/mol. The first-order valence-corrected chi connectivity index (χ1v) is 8.47. The Labute approximate surface area is 117 Å². The standard InChI is InChI=1S/C12H17NO4S2/c1-13(11(12(14)15)8-9-18-2)19(16,17)10-6-4-3-5-7-10/h3-7,11H,8-9H2,1-2H3,(H,14,15)/p-1/t11-/m0/s1. The highest BCUT2D eigenvalue weighted by Crippen LogP contribution is 2.18. The van der Waals surface area contributed by atoms with Crippen LogP contribution in [0.25, 0.3) is 0 Å². The molecule has 1 aromatic carbocycles. The number of likely N-dealkylation sites (N-methyl/N-ethyl adjacent to an activating group) is 1. The predicted octanol–water partition coefficient (Wildman–Crippen LogP) is 0.179. The van der Waals surface area contributed by atoms with Gasteiger partial charge >= 0.3 is 0 Å². The summed E-state index contributed by atoms with van der Waals surface area (Å²) in [6, 6.07) is 6.60. The molecule has 0 bridgehead atoms. The lowest BCUT2D eigenvalue weighted by Gasteiger charge is -2.28. The minimum atomic E-state index is -3.81. The number of carbonyl (C=O) groups is 1. The van der Waals surface area contributed by atoms with Crippen LogP contribution in [0, 0.1) is 0 Å². The molecule has 1 rings (SSSR count). The van der Waals surface area contributed by atoms with Crippen LogP contribution < -0.4 is 5.11 Å². The van der Waals surface area contributed by atoms with Crippen LogP contribution in [0.2, 0.25) is 0 Å². The lowest BCUT2D eigenvalue weighted by molar-refractivity contribution is -0.310. The number of carbonyl (C=O) groups excluding carboxylic acids is 1. The number of carboxylic acids is 1. The van der Waals surface area contributed by atoms with E-state index in [-0.39, 0.29) is 11.3 Å². The van der Waals surface area contributed by atoms with Crippen molar-refractivity contribution in [2.24, 2.45) is 0 Å². The van der Waals surface area contributed by atoms with Gasteiger partial charge in [-0.1, -0.05) is 18.2 Å². The van der Waals surface area contributed by atoms with Gasteiger partial charge < -0.3 is 9.90 Å². The number of carboxylic acid groups (broad SMARTS) is 1. The highest BCUT2D eigenvalue weighted by Gasteiger charge is 2.28. The largest absolute Gasteiger partial charge is 0.548 e. The van der Waals surface area contributed by atoms with Crippen molar-refractivity contribution in [1.82, 2.24) is 4.31 Å². The van der Waals surface area contributed by atoms with Crippen molar-refractivity contribution >= 4 is 27.8 Å². The third-order valence-corrected chi connectivity index (χ3v) is 5.25. The van der Waals surface area contributed by atoms with Crippen LogP contribution in [0.1, 0.15) is 6.42 Å². The summed E-state index contributed by atoms with van der Waals surface area (Å²) in [5.74, 6) is -0.830. The molecule has 19 heavy (non-hydrogen) atoms. The summed E-state index contributed by atoms with van der Waals surface area (Å²) in [4.78, 5) is 11.2. The molecule has 0 heterocycles. The van der Waals surface area contributed by atoms with Gasteiger partial charge in [0.25, 0.3) is 0 Å². The molecule has 0 fully saturated rings. The minimum absolute atomic E-state index is 0.0768. The third kappa shape index (κ3) is 3.95. The molecule has 0 aliphatic rings.